The average Bonchev–Trinajstić information content (AvgIpc) is 2.49. The molecule has 0 rings (SSSR count). The lowest BCUT2D eigenvalue weighted by Crippen LogP contribution is -2.19. The highest BCUT2D eigenvalue weighted by Crippen LogP contribution is 2.06. The van der Waals surface area contributed by atoms with Crippen molar-refractivity contribution in [2.24, 2.45) is 0 Å². The molecule has 0 unspecified atom stereocenters. The summed E-state index contributed by atoms with van der Waals surface area (Å²) in [6.07, 6.45) is 13.4. The first-order valence-corrected chi connectivity index (χ1v) is 11.0. The molecule has 0 heterocycles. The van der Waals surface area contributed by atoms with Gasteiger partial charge in [-0.25, -0.2) is 0 Å². The van der Waals surface area contributed by atoms with E-state index >= 15 is 0 Å². The van der Waals surface area contributed by atoms with Crippen LogP contribution in [-0.2, 0) is 10.1 Å². The van der Waals surface area contributed by atoms with Crippen molar-refractivity contribution >= 4 is 10.1 Å². The summed E-state index contributed by atoms with van der Waals surface area (Å²) in [5, 5.41) is 6.72. The third kappa shape index (κ3) is 21.8. The number of hydrogen-bond donors (Lipinski definition) is 3. The number of rotatable bonds is 18. The Balaban J connectivity index is 3.03. The van der Waals surface area contributed by atoms with Gasteiger partial charge in [0.1, 0.15) is 0 Å². The zero-order valence-electron chi connectivity index (χ0n) is 15.0. The fourth-order valence-corrected chi connectivity index (χ4v) is 3.02. The Hall–Kier alpha value is -0.170. The number of hydrogen-bond acceptors (Lipinski definition) is 4. The molecule has 0 aliphatic heterocycles. The Morgan fingerprint density at radius 1 is 0.652 bits per heavy atom. The smallest absolute Gasteiger partial charge is 0.264 e. The summed E-state index contributed by atoms with van der Waals surface area (Å²) in [5.41, 5.74) is 0. The molecule has 0 radical (unpaired) electrons. The molecule has 0 atom stereocenters. The first kappa shape index (κ1) is 22.8. The fourth-order valence-electron chi connectivity index (χ4n) is 2.51. The Kier molecular flexibility index (Phi) is 16.6. The minimum Gasteiger partial charge on any atom is -0.317 e. The van der Waals surface area contributed by atoms with E-state index in [0.29, 0.717) is 13.0 Å². The molecular weight excluding hydrogens is 312 g/mol. The molecule has 0 bridgehead atoms. The second kappa shape index (κ2) is 16.7. The van der Waals surface area contributed by atoms with Crippen LogP contribution in [0.25, 0.3) is 0 Å². The number of unbranched alkanes of at least 4 members (excludes halogenated alkanes) is 8. The van der Waals surface area contributed by atoms with Crippen LogP contribution in [0.4, 0.5) is 0 Å². The van der Waals surface area contributed by atoms with Gasteiger partial charge in [0.05, 0.1) is 5.75 Å². The molecule has 23 heavy (non-hydrogen) atoms. The highest BCUT2D eigenvalue weighted by atomic mass is 32.2. The van der Waals surface area contributed by atoms with Gasteiger partial charge in [-0.1, -0.05) is 51.9 Å². The van der Waals surface area contributed by atoms with E-state index in [1.807, 2.05) is 0 Å². The van der Waals surface area contributed by atoms with Crippen molar-refractivity contribution in [3.63, 3.8) is 0 Å². The Labute approximate surface area is 143 Å². The zero-order valence-corrected chi connectivity index (χ0v) is 15.8. The van der Waals surface area contributed by atoms with Gasteiger partial charge in [0, 0.05) is 0 Å². The summed E-state index contributed by atoms with van der Waals surface area (Å²) in [4.78, 5) is 0. The lowest BCUT2D eigenvalue weighted by atomic mass is 10.1. The summed E-state index contributed by atoms with van der Waals surface area (Å²) >= 11 is 0. The Morgan fingerprint density at radius 2 is 1.04 bits per heavy atom. The van der Waals surface area contributed by atoms with Gasteiger partial charge in [-0.05, 0) is 51.9 Å². The van der Waals surface area contributed by atoms with Crippen LogP contribution in [-0.4, -0.2) is 44.9 Å². The van der Waals surface area contributed by atoms with Gasteiger partial charge < -0.3 is 10.6 Å². The average molecular weight is 351 g/mol. The molecule has 0 saturated carbocycles. The molecule has 0 aromatic rings. The molecule has 0 spiro atoms. The first-order chi connectivity index (χ1) is 11.1. The van der Waals surface area contributed by atoms with Crippen LogP contribution in [0.1, 0.15) is 77.6 Å². The van der Waals surface area contributed by atoms with Crippen LogP contribution >= 0.6 is 0 Å². The minimum atomic E-state index is -3.79. The standard InChI is InChI=1S/C17H38N2O3S/c1-2-3-9-13-18-14-10-7-5-4-6-8-11-15-19-16-12-17-23(20,21)22/h18-19H,2-17H2,1H3,(H,20,21,22). The van der Waals surface area contributed by atoms with Gasteiger partial charge in [0.25, 0.3) is 10.1 Å². The molecule has 0 fully saturated rings. The number of nitrogens with one attached hydrogen (secondary N) is 2. The third-order valence-corrected chi connectivity index (χ3v) is 4.72. The summed E-state index contributed by atoms with van der Waals surface area (Å²) < 4.78 is 29.6. The highest BCUT2D eigenvalue weighted by molar-refractivity contribution is 7.85. The maximum atomic E-state index is 10.5. The van der Waals surface area contributed by atoms with Crippen molar-refractivity contribution in [3.8, 4) is 0 Å². The Morgan fingerprint density at radius 3 is 1.48 bits per heavy atom. The summed E-state index contributed by atoms with van der Waals surface area (Å²) in [6, 6.07) is 0. The molecule has 0 aliphatic rings. The molecule has 6 heteroatoms. The second-order valence-corrected chi connectivity index (χ2v) is 7.89. The van der Waals surface area contributed by atoms with Crippen LogP contribution in [0.3, 0.4) is 0 Å². The zero-order chi connectivity index (χ0) is 17.2. The van der Waals surface area contributed by atoms with Crippen LogP contribution < -0.4 is 10.6 Å². The minimum absolute atomic E-state index is 0.145. The summed E-state index contributed by atoms with van der Waals surface area (Å²) in [5.74, 6) is -0.145. The van der Waals surface area contributed by atoms with Crippen LogP contribution in [0, 0.1) is 0 Å². The van der Waals surface area contributed by atoms with Gasteiger partial charge in [0.15, 0.2) is 0 Å². The maximum Gasteiger partial charge on any atom is 0.264 e. The topological polar surface area (TPSA) is 78.4 Å². The predicted molar refractivity (Wildman–Crippen MR) is 98.6 cm³/mol. The molecule has 3 N–H and O–H groups in total. The van der Waals surface area contributed by atoms with E-state index < -0.39 is 10.1 Å². The van der Waals surface area contributed by atoms with E-state index in [1.165, 1.54) is 64.3 Å². The normalized spacial score (nSPS) is 11.9. The third-order valence-electron chi connectivity index (χ3n) is 3.92. The van der Waals surface area contributed by atoms with Gasteiger partial charge in [-0.15, -0.1) is 0 Å². The lowest BCUT2D eigenvalue weighted by molar-refractivity contribution is 0.479. The molecule has 0 saturated heterocycles. The lowest BCUT2D eigenvalue weighted by Gasteiger charge is -2.05. The molecule has 0 aromatic heterocycles. The van der Waals surface area contributed by atoms with Crippen molar-refractivity contribution in [2.75, 3.05) is 31.9 Å². The SMILES string of the molecule is CCCCCNCCCCCCCCCNCCCS(=O)(=O)O. The van der Waals surface area contributed by atoms with Crippen molar-refractivity contribution in [3.05, 3.63) is 0 Å². The van der Waals surface area contributed by atoms with Crippen molar-refractivity contribution in [1.82, 2.24) is 10.6 Å². The van der Waals surface area contributed by atoms with Crippen LogP contribution in [0.2, 0.25) is 0 Å². The van der Waals surface area contributed by atoms with Crippen molar-refractivity contribution in [2.45, 2.75) is 77.6 Å². The predicted octanol–water partition coefficient (Wildman–Crippen LogP) is 3.36. The van der Waals surface area contributed by atoms with Gasteiger partial charge in [-0.2, -0.15) is 8.42 Å². The Bertz CT molecular complexity index is 335. The maximum absolute atomic E-state index is 10.5. The van der Waals surface area contributed by atoms with Crippen LogP contribution in [0.5, 0.6) is 0 Å². The molecule has 5 nitrogen and oxygen atoms in total. The van der Waals surface area contributed by atoms with E-state index in [1.54, 1.807) is 0 Å². The van der Waals surface area contributed by atoms with E-state index in [9.17, 15) is 8.42 Å². The molecule has 0 aliphatic carbocycles. The monoisotopic (exact) mass is 350 g/mol. The molecule has 0 amide bonds. The van der Waals surface area contributed by atoms with E-state index in [2.05, 4.69) is 17.6 Å². The highest BCUT2D eigenvalue weighted by Gasteiger charge is 2.02. The van der Waals surface area contributed by atoms with E-state index in [-0.39, 0.29) is 5.75 Å². The van der Waals surface area contributed by atoms with Crippen molar-refractivity contribution in [1.29, 1.82) is 0 Å². The molecular formula is C17H38N2O3S. The van der Waals surface area contributed by atoms with Gasteiger partial charge in [0.2, 0.25) is 0 Å². The first-order valence-electron chi connectivity index (χ1n) is 9.43. The van der Waals surface area contributed by atoms with E-state index in [4.69, 9.17) is 4.55 Å². The molecule has 140 valence electrons. The van der Waals surface area contributed by atoms with Crippen LogP contribution in [0.15, 0.2) is 0 Å². The second-order valence-electron chi connectivity index (χ2n) is 6.32. The quantitative estimate of drug-likeness (QED) is 0.261. The fraction of sp³-hybridized carbons (Fsp3) is 1.00. The van der Waals surface area contributed by atoms with Gasteiger partial charge in [-0.3, -0.25) is 4.55 Å². The van der Waals surface area contributed by atoms with Gasteiger partial charge >= 0.3 is 0 Å². The molecule has 0 aromatic carbocycles. The van der Waals surface area contributed by atoms with Crippen molar-refractivity contribution < 1.29 is 13.0 Å². The van der Waals surface area contributed by atoms with E-state index in [0.717, 1.165) is 19.5 Å². The summed E-state index contributed by atoms with van der Waals surface area (Å²) in [7, 11) is -3.79. The largest absolute Gasteiger partial charge is 0.317 e. The summed E-state index contributed by atoms with van der Waals surface area (Å²) in [6.45, 7) is 6.17.